The van der Waals surface area contributed by atoms with Crippen LogP contribution in [0.25, 0.3) is 77.5 Å². The normalized spacial score (nSPS) is 13.5. The summed E-state index contributed by atoms with van der Waals surface area (Å²) in [6.07, 6.45) is 0. The van der Waals surface area contributed by atoms with Gasteiger partial charge < -0.3 is 0 Å². The lowest BCUT2D eigenvalue weighted by atomic mass is 9.81. The molecule has 0 aliphatic heterocycles. The molecule has 0 amide bonds. The van der Waals surface area contributed by atoms with E-state index in [1.54, 1.807) is 0 Å². The van der Waals surface area contributed by atoms with Gasteiger partial charge in [0.15, 0.2) is 0 Å². The number of hydrogen-bond donors (Lipinski definition) is 0. The molecule has 9 rings (SSSR count). The molecule has 0 aromatic heterocycles. The van der Waals surface area contributed by atoms with Crippen LogP contribution in [0.2, 0.25) is 0 Å². The van der Waals surface area contributed by atoms with Crippen molar-refractivity contribution in [1.29, 1.82) is 0 Å². The molecule has 7 aromatic rings. The van der Waals surface area contributed by atoms with Crippen LogP contribution in [-0.4, -0.2) is 0 Å². The van der Waals surface area contributed by atoms with Crippen molar-refractivity contribution < 1.29 is 0 Å². The van der Waals surface area contributed by atoms with Gasteiger partial charge in [-0.05, 0) is 107 Å². The van der Waals surface area contributed by atoms with E-state index in [2.05, 4.69) is 169 Å². The Morgan fingerprint density at radius 3 is 1.68 bits per heavy atom. The molecule has 0 atom stereocenters. The van der Waals surface area contributed by atoms with Crippen LogP contribution in [0, 0.1) is 0 Å². The smallest absolute Gasteiger partial charge is 0.0178 e. The Morgan fingerprint density at radius 2 is 0.977 bits per heavy atom. The molecule has 2 aliphatic carbocycles. The highest BCUT2D eigenvalue weighted by molar-refractivity contribution is 9.10. The molecule has 0 radical (unpaired) electrons. The topological polar surface area (TPSA) is 0 Å². The SMILES string of the molecule is CC1(C)c2cc(Br)ccc2-c2ccc(-c3ccc4cccc5c4c3-c3c(-c4ccccc4)ccc(-c4ccccc4)c3-5)cc21. The number of benzene rings is 7. The van der Waals surface area contributed by atoms with E-state index in [0.29, 0.717) is 0 Å². The van der Waals surface area contributed by atoms with Gasteiger partial charge in [0.2, 0.25) is 0 Å². The van der Waals surface area contributed by atoms with Crippen LogP contribution in [0.1, 0.15) is 25.0 Å². The van der Waals surface area contributed by atoms with E-state index < -0.39 is 0 Å². The fourth-order valence-corrected chi connectivity index (χ4v) is 8.18. The van der Waals surface area contributed by atoms with Gasteiger partial charge in [0.1, 0.15) is 0 Å². The van der Waals surface area contributed by atoms with Gasteiger partial charge in [-0.3, -0.25) is 0 Å². The van der Waals surface area contributed by atoms with Crippen LogP contribution in [0.15, 0.2) is 144 Å². The maximum absolute atomic E-state index is 3.72. The number of hydrogen-bond acceptors (Lipinski definition) is 0. The van der Waals surface area contributed by atoms with Crippen molar-refractivity contribution in [2.75, 3.05) is 0 Å². The molecule has 0 nitrogen and oxygen atoms in total. The largest absolute Gasteiger partial charge is 0.0622 e. The van der Waals surface area contributed by atoms with Gasteiger partial charge in [-0.2, -0.15) is 0 Å². The molecule has 0 unspecified atom stereocenters. The Labute approximate surface area is 266 Å². The minimum Gasteiger partial charge on any atom is -0.0622 e. The van der Waals surface area contributed by atoms with Gasteiger partial charge in [0.05, 0.1) is 0 Å². The van der Waals surface area contributed by atoms with Crippen LogP contribution >= 0.6 is 15.9 Å². The summed E-state index contributed by atoms with van der Waals surface area (Å²) in [5.41, 5.74) is 18.3. The number of rotatable bonds is 3. The zero-order valence-electron chi connectivity index (χ0n) is 24.7. The van der Waals surface area contributed by atoms with Crippen LogP contribution in [0.4, 0.5) is 0 Å². The predicted molar refractivity (Wildman–Crippen MR) is 190 cm³/mol. The second-order valence-corrected chi connectivity index (χ2v) is 13.5. The quantitative estimate of drug-likeness (QED) is 0.183. The van der Waals surface area contributed by atoms with Gasteiger partial charge in [0.25, 0.3) is 0 Å². The molecule has 0 saturated carbocycles. The Hall–Kier alpha value is -4.72. The predicted octanol–water partition coefficient (Wildman–Crippen LogP) is 12.6. The third-order valence-corrected chi connectivity index (χ3v) is 10.4. The lowest BCUT2D eigenvalue weighted by Crippen LogP contribution is -2.15. The van der Waals surface area contributed by atoms with Crippen molar-refractivity contribution in [2.24, 2.45) is 0 Å². The lowest BCUT2D eigenvalue weighted by Gasteiger charge is -2.23. The van der Waals surface area contributed by atoms with E-state index in [1.807, 2.05) is 0 Å². The number of halogens is 1. The summed E-state index contributed by atoms with van der Waals surface area (Å²) in [5, 5.41) is 2.64. The van der Waals surface area contributed by atoms with E-state index in [9.17, 15) is 0 Å². The van der Waals surface area contributed by atoms with Gasteiger partial charge in [-0.1, -0.05) is 151 Å². The molecule has 0 spiro atoms. The van der Waals surface area contributed by atoms with Crippen LogP contribution < -0.4 is 0 Å². The minimum atomic E-state index is -0.0829. The summed E-state index contributed by atoms with van der Waals surface area (Å²) in [6.45, 7) is 4.72. The lowest BCUT2D eigenvalue weighted by molar-refractivity contribution is 0.660. The van der Waals surface area contributed by atoms with Crippen molar-refractivity contribution in [2.45, 2.75) is 19.3 Å². The standard InChI is InChI=1S/C43H29Br/c1-43(2)37-24-29(17-20-34(37)35-21-18-30(44)25-38(35)43)33-19-16-28-14-9-15-36-39(28)41(33)42-32(27-12-7-4-8-13-27)23-22-31(40(36)42)26-10-5-3-6-11-26/h3-25H,1-2H3. The molecule has 44 heavy (non-hydrogen) atoms. The van der Waals surface area contributed by atoms with Crippen LogP contribution in [0.5, 0.6) is 0 Å². The molecule has 0 saturated heterocycles. The Balaban J connectivity index is 1.36. The summed E-state index contributed by atoms with van der Waals surface area (Å²) >= 11 is 3.72. The minimum absolute atomic E-state index is 0.0829. The van der Waals surface area contributed by atoms with Gasteiger partial charge >= 0.3 is 0 Å². The average molecular weight is 626 g/mol. The molecule has 208 valence electrons. The van der Waals surface area contributed by atoms with Crippen molar-refractivity contribution in [3.05, 3.63) is 155 Å². The third kappa shape index (κ3) is 3.57. The summed E-state index contributed by atoms with van der Waals surface area (Å²) in [6, 6.07) is 51.8. The zero-order chi connectivity index (χ0) is 29.6. The second-order valence-electron chi connectivity index (χ2n) is 12.6. The van der Waals surface area contributed by atoms with Crippen molar-refractivity contribution in [3.63, 3.8) is 0 Å². The Kier molecular flexibility index (Phi) is 5.49. The van der Waals surface area contributed by atoms with E-state index in [0.717, 1.165) is 4.47 Å². The highest BCUT2D eigenvalue weighted by atomic mass is 79.9. The van der Waals surface area contributed by atoms with E-state index >= 15 is 0 Å². The fraction of sp³-hybridized carbons (Fsp3) is 0.0698. The van der Waals surface area contributed by atoms with E-state index in [4.69, 9.17) is 0 Å². The van der Waals surface area contributed by atoms with Crippen LogP contribution in [-0.2, 0) is 5.41 Å². The van der Waals surface area contributed by atoms with Crippen molar-refractivity contribution in [1.82, 2.24) is 0 Å². The molecular formula is C43H29Br. The van der Waals surface area contributed by atoms with Crippen LogP contribution in [0.3, 0.4) is 0 Å². The van der Waals surface area contributed by atoms with Gasteiger partial charge in [-0.15, -0.1) is 0 Å². The molecule has 0 N–H and O–H groups in total. The molecule has 2 aliphatic rings. The fourth-order valence-electron chi connectivity index (χ4n) is 7.82. The molecule has 0 fully saturated rings. The first-order valence-corrected chi connectivity index (χ1v) is 16.1. The second kappa shape index (κ2) is 9.39. The van der Waals surface area contributed by atoms with Crippen molar-refractivity contribution in [3.8, 4) is 66.8 Å². The average Bonchev–Trinajstić information content (AvgIpc) is 3.52. The first-order valence-electron chi connectivity index (χ1n) is 15.3. The number of fused-ring (bicyclic) bond motifs is 6. The summed E-state index contributed by atoms with van der Waals surface area (Å²) in [4.78, 5) is 0. The third-order valence-electron chi connectivity index (χ3n) is 9.89. The first-order chi connectivity index (χ1) is 21.5. The zero-order valence-corrected chi connectivity index (χ0v) is 26.2. The van der Waals surface area contributed by atoms with Crippen molar-refractivity contribution >= 4 is 26.7 Å². The van der Waals surface area contributed by atoms with Gasteiger partial charge in [0, 0.05) is 9.89 Å². The summed E-state index contributed by atoms with van der Waals surface area (Å²) < 4.78 is 1.13. The highest BCUT2D eigenvalue weighted by Gasteiger charge is 2.36. The summed E-state index contributed by atoms with van der Waals surface area (Å²) in [7, 11) is 0. The molecule has 7 aromatic carbocycles. The Morgan fingerprint density at radius 1 is 0.409 bits per heavy atom. The first kappa shape index (κ1) is 25.7. The molecular weight excluding hydrogens is 596 g/mol. The highest BCUT2D eigenvalue weighted by Crippen LogP contribution is 2.58. The maximum Gasteiger partial charge on any atom is 0.0178 e. The molecule has 0 heterocycles. The van der Waals surface area contributed by atoms with Gasteiger partial charge in [-0.25, -0.2) is 0 Å². The summed E-state index contributed by atoms with van der Waals surface area (Å²) in [5.74, 6) is 0. The van der Waals surface area contributed by atoms with E-state index in [1.165, 1.54) is 88.7 Å². The maximum atomic E-state index is 3.72. The van der Waals surface area contributed by atoms with E-state index in [-0.39, 0.29) is 5.41 Å². The Bertz CT molecular complexity index is 2290. The molecule has 0 bridgehead atoms. The monoisotopic (exact) mass is 624 g/mol. The molecule has 1 heteroatoms.